The molecule has 0 aliphatic heterocycles. The van der Waals surface area contributed by atoms with E-state index in [4.69, 9.17) is 0 Å². The van der Waals surface area contributed by atoms with Crippen molar-refractivity contribution >= 4 is 13.2 Å². The van der Waals surface area contributed by atoms with E-state index in [1.54, 1.807) is 0 Å². The number of alkyl halides is 11. The van der Waals surface area contributed by atoms with Gasteiger partial charge in [-0.3, -0.25) is 4.39 Å². The molecule has 1 aromatic carbocycles. The van der Waals surface area contributed by atoms with Gasteiger partial charge >= 0.3 is 11.8 Å². The van der Waals surface area contributed by atoms with E-state index >= 15 is 0 Å². The van der Waals surface area contributed by atoms with E-state index in [0.29, 0.717) is 0 Å². The summed E-state index contributed by atoms with van der Waals surface area (Å²) in [5.41, 5.74) is -6.37. The third-order valence-electron chi connectivity index (χ3n) is 4.56. The van der Waals surface area contributed by atoms with Crippen molar-refractivity contribution in [3.05, 3.63) is 29.1 Å². The van der Waals surface area contributed by atoms with Crippen molar-refractivity contribution in [1.29, 1.82) is 0 Å². The van der Waals surface area contributed by atoms with Gasteiger partial charge in [-0.15, -0.1) is 0 Å². The standard InChI is InChI=1S/C17H13F16P/c18-3-1-2-5(19)7(21)9(23)8(22)6(20)4-34(17(32,33)16(29,30)31)15-13(27)11(25)10(24)12(26)14(15)28/h5-9H,1-4H2/p+1. The Labute approximate surface area is 182 Å². The molecule has 0 N–H and O–H groups in total. The summed E-state index contributed by atoms with van der Waals surface area (Å²) in [6.07, 6.45) is -29.5. The Kier molecular flexibility index (Phi) is 10.3. The summed E-state index contributed by atoms with van der Waals surface area (Å²) in [5.74, 6) is -15.3. The van der Waals surface area contributed by atoms with Crippen LogP contribution in [-0.2, 0) is 0 Å². The summed E-state index contributed by atoms with van der Waals surface area (Å²) in [6.45, 7) is -1.23. The van der Waals surface area contributed by atoms with Gasteiger partial charge in [0.15, 0.2) is 30.0 Å². The minimum absolute atomic E-state index is 0.699. The topological polar surface area (TPSA) is 0 Å². The Morgan fingerprint density at radius 3 is 1.44 bits per heavy atom. The van der Waals surface area contributed by atoms with Gasteiger partial charge in [0.2, 0.25) is 29.1 Å². The maximum Gasteiger partial charge on any atom is 0.493 e. The van der Waals surface area contributed by atoms with Crippen LogP contribution in [0.15, 0.2) is 0 Å². The van der Waals surface area contributed by atoms with E-state index < -0.39 is 111 Å². The van der Waals surface area contributed by atoms with Crippen LogP contribution in [0, 0.1) is 29.1 Å². The SMILES string of the molecule is FCCCC(F)C(F)C(F)C(F)C(F)C[PH+](c1c(F)c(F)c(F)c(F)c1F)C(F)(F)C(F)(F)F. The first-order valence-corrected chi connectivity index (χ1v) is 10.7. The molecule has 0 fully saturated rings. The molecular weight excluding hydrogens is 539 g/mol. The molecule has 0 radical (unpaired) electrons. The van der Waals surface area contributed by atoms with Crippen LogP contribution < -0.4 is 5.30 Å². The zero-order valence-corrected chi connectivity index (χ0v) is 17.3. The second kappa shape index (κ2) is 11.5. The highest BCUT2D eigenvalue weighted by molar-refractivity contribution is 7.67. The first-order valence-electron chi connectivity index (χ1n) is 9.00. The lowest BCUT2D eigenvalue weighted by molar-refractivity contribution is -0.240. The molecule has 6 unspecified atom stereocenters. The van der Waals surface area contributed by atoms with E-state index in [2.05, 4.69) is 0 Å². The first kappa shape index (κ1) is 30.6. The van der Waals surface area contributed by atoms with Gasteiger partial charge in [-0.1, -0.05) is 0 Å². The molecule has 0 aromatic heterocycles. The molecule has 1 rings (SSSR count). The van der Waals surface area contributed by atoms with E-state index in [0.717, 1.165) is 0 Å². The summed E-state index contributed by atoms with van der Waals surface area (Å²) in [5, 5.41) is -2.78. The highest BCUT2D eigenvalue weighted by Gasteiger charge is 2.71. The summed E-state index contributed by atoms with van der Waals surface area (Å²) in [6, 6.07) is 0. The molecule has 6 atom stereocenters. The van der Waals surface area contributed by atoms with Crippen molar-refractivity contribution in [3.8, 4) is 0 Å². The third-order valence-corrected chi connectivity index (χ3v) is 7.44. The maximum absolute atomic E-state index is 14.2. The lowest BCUT2D eigenvalue weighted by Crippen LogP contribution is -2.44. The summed E-state index contributed by atoms with van der Waals surface area (Å²) in [4.78, 5) is 0. The molecule has 34 heavy (non-hydrogen) atoms. The zero-order valence-electron chi connectivity index (χ0n) is 16.3. The average molecular weight is 553 g/mol. The van der Waals surface area contributed by atoms with Crippen LogP contribution in [0.25, 0.3) is 0 Å². The van der Waals surface area contributed by atoms with Crippen molar-refractivity contribution < 1.29 is 70.2 Å². The number of hydrogen-bond donors (Lipinski definition) is 0. The fraction of sp³-hybridized carbons (Fsp3) is 0.647. The second-order valence-electron chi connectivity index (χ2n) is 6.90. The van der Waals surface area contributed by atoms with E-state index in [1.807, 2.05) is 0 Å². The average Bonchev–Trinajstić information content (AvgIpc) is 2.76. The molecule has 0 saturated carbocycles. The van der Waals surface area contributed by atoms with Crippen LogP contribution in [-0.4, -0.2) is 55.5 Å². The quantitative estimate of drug-likeness (QED) is 0.122. The largest absolute Gasteiger partial charge is 0.493 e. The predicted octanol–water partition coefficient (Wildman–Crippen LogP) is 6.82. The Hall–Kier alpha value is -1.47. The van der Waals surface area contributed by atoms with Gasteiger partial charge in [0, 0.05) is 0 Å². The van der Waals surface area contributed by atoms with Gasteiger partial charge in [-0.25, -0.2) is 35.1 Å². The Morgan fingerprint density at radius 1 is 0.618 bits per heavy atom. The summed E-state index contributed by atoms with van der Waals surface area (Å²) < 4.78 is 215. The smallest absolute Gasteiger partial charge is 0.251 e. The van der Waals surface area contributed by atoms with E-state index in [1.165, 1.54) is 0 Å². The molecule has 0 bridgehead atoms. The van der Waals surface area contributed by atoms with Gasteiger partial charge in [0.1, 0.15) is 20.3 Å². The number of halogens is 16. The number of hydrogen-bond acceptors (Lipinski definition) is 0. The zero-order chi connectivity index (χ0) is 26.8. The molecule has 1 aromatic rings. The molecule has 0 aliphatic carbocycles. The van der Waals surface area contributed by atoms with Crippen LogP contribution in [0.2, 0.25) is 0 Å². The normalized spacial score (nSPS) is 18.4. The van der Waals surface area contributed by atoms with Crippen LogP contribution in [0.5, 0.6) is 0 Å². The molecule has 198 valence electrons. The van der Waals surface area contributed by atoms with Crippen LogP contribution in [0.1, 0.15) is 12.8 Å². The molecule has 17 heteroatoms. The predicted molar refractivity (Wildman–Crippen MR) is 89.7 cm³/mol. The minimum Gasteiger partial charge on any atom is -0.251 e. The first-order chi connectivity index (χ1) is 15.4. The van der Waals surface area contributed by atoms with Crippen LogP contribution in [0.3, 0.4) is 0 Å². The van der Waals surface area contributed by atoms with Crippen molar-refractivity contribution in [2.24, 2.45) is 0 Å². The fourth-order valence-electron chi connectivity index (χ4n) is 2.74. The van der Waals surface area contributed by atoms with Crippen molar-refractivity contribution in [2.75, 3.05) is 12.8 Å². The molecule has 0 spiro atoms. The molecule has 0 aliphatic rings. The van der Waals surface area contributed by atoms with Crippen molar-refractivity contribution in [3.63, 3.8) is 0 Å². The maximum atomic E-state index is 14.2. The third kappa shape index (κ3) is 6.20. The lowest BCUT2D eigenvalue weighted by Gasteiger charge is -2.26. The van der Waals surface area contributed by atoms with Gasteiger partial charge in [-0.2, -0.15) is 30.7 Å². The highest BCUT2D eigenvalue weighted by atomic mass is 31.1. The highest BCUT2D eigenvalue weighted by Crippen LogP contribution is 2.60. The van der Waals surface area contributed by atoms with Crippen LogP contribution >= 0.6 is 7.92 Å². The number of rotatable bonds is 11. The summed E-state index contributed by atoms with van der Waals surface area (Å²) >= 11 is 0. The lowest BCUT2D eigenvalue weighted by atomic mass is 10.0. The Morgan fingerprint density at radius 2 is 1.03 bits per heavy atom. The van der Waals surface area contributed by atoms with Gasteiger partial charge < -0.3 is 0 Å². The van der Waals surface area contributed by atoms with Gasteiger partial charge in [-0.05, 0) is 12.8 Å². The summed E-state index contributed by atoms with van der Waals surface area (Å²) in [7, 11) is -5.72. The van der Waals surface area contributed by atoms with E-state index in [9.17, 15) is 70.2 Å². The Bertz CT molecular complexity index is 798. The number of benzene rings is 1. The minimum atomic E-state index is -6.78. The van der Waals surface area contributed by atoms with Crippen molar-refractivity contribution in [1.82, 2.24) is 0 Å². The molecule has 0 heterocycles. The molecule has 0 nitrogen and oxygen atoms in total. The van der Waals surface area contributed by atoms with Crippen molar-refractivity contribution in [2.45, 2.75) is 55.5 Å². The van der Waals surface area contributed by atoms with E-state index in [-0.39, 0.29) is 0 Å². The van der Waals surface area contributed by atoms with Gasteiger partial charge in [0.05, 0.1) is 6.67 Å². The fourth-order valence-corrected chi connectivity index (χ4v) is 5.22. The molecule has 0 amide bonds. The molecular formula is C17H14F16P+. The molecule has 0 saturated heterocycles. The second-order valence-corrected chi connectivity index (χ2v) is 9.39. The van der Waals surface area contributed by atoms with Crippen LogP contribution in [0.4, 0.5) is 70.2 Å². The monoisotopic (exact) mass is 553 g/mol. The van der Waals surface area contributed by atoms with Gasteiger partial charge in [0.25, 0.3) is 0 Å². The Balaban J connectivity index is 3.44.